The number of fused-ring (bicyclic) bond motifs is 1. The second kappa shape index (κ2) is 7.36. The average molecular weight is 395 g/mol. The maximum Gasteiger partial charge on any atom is 0.226 e. The Bertz CT molecular complexity index is 866. The molecule has 3 aliphatic rings. The predicted octanol–water partition coefficient (Wildman–Crippen LogP) is 3.87. The molecule has 1 atom stereocenters. The molecular weight excluding hydrogens is 368 g/mol. The van der Waals surface area contributed by atoms with Crippen LogP contribution in [0.15, 0.2) is 41.8 Å². The van der Waals surface area contributed by atoms with E-state index in [1.165, 1.54) is 16.0 Å². The van der Waals surface area contributed by atoms with E-state index in [0.717, 1.165) is 51.7 Å². The summed E-state index contributed by atoms with van der Waals surface area (Å²) < 4.78 is 0. The Morgan fingerprint density at radius 1 is 0.857 bits per heavy atom. The molecule has 3 heterocycles. The van der Waals surface area contributed by atoms with Gasteiger partial charge in [-0.1, -0.05) is 30.3 Å². The highest BCUT2D eigenvalue weighted by Gasteiger charge is 2.39. The van der Waals surface area contributed by atoms with E-state index >= 15 is 0 Å². The maximum absolute atomic E-state index is 13.5. The summed E-state index contributed by atoms with van der Waals surface area (Å²) in [6.45, 7) is 2.26. The standard InChI is InChI=1S/C23H26N2O2S/c26-22(17-6-7-17)24-12-8-18(9-13-24)23(27)25-14-10-20-19(11-15-28-20)21(25)16-4-2-1-3-5-16/h1-5,11,15,17-18,21H,6-10,12-14H2/t21-/m0/s1. The van der Waals surface area contributed by atoms with Crippen molar-refractivity contribution in [3.63, 3.8) is 0 Å². The Hall–Kier alpha value is -2.14. The summed E-state index contributed by atoms with van der Waals surface area (Å²) in [5, 5.41) is 2.15. The van der Waals surface area contributed by atoms with E-state index in [2.05, 4.69) is 40.6 Å². The van der Waals surface area contributed by atoms with Crippen molar-refractivity contribution in [3.05, 3.63) is 57.8 Å². The van der Waals surface area contributed by atoms with Crippen LogP contribution in [-0.4, -0.2) is 41.2 Å². The van der Waals surface area contributed by atoms with Crippen LogP contribution in [-0.2, 0) is 16.0 Å². The number of carbonyl (C=O) groups is 2. The third kappa shape index (κ3) is 3.26. The number of nitrogens with zero attached hydrogens (tertiary/aromatic N) is 2. The van der Waals surface area contributed by atoms with Gasteiger partial charge in [-0.15, -0.1) is 11.3 Å². The number of hydrogen-bond acceptors (Lipinski definition) is 3. The van der Waals surface area contributed by atoms with Crippen LogP contribution in [0.3, 0.4) is 0 Å². The normalized spacial score (nSPS) is 22.8. The molecule has 0 spiro atoms. The van der Waals surface area contributed by atoms with Gasteiger partial charge in [-0.05, 0) is 54.7 Å². The van der Waals surface area contributed by atoms with Gasteiger partial charge in [-0.25, -0.2) is 0 Å². The zero-order valence-corrected chi connectivity index (χ0v) is 16.9. The molecule has 2 aliphatic heterocycles. The van der Waals surface area contributed by atoms with E-state index in [0.29, 0.717) is 5.91 Å². The molecular formula is C23H26N2O2S. The number of hydrogen-bond donors (Lipinski definition) is 0. The van der Waals surface area contributed by atoms with Gasteiger partial charge in [-0.2, -0.15) is 0 Å². The van der Waals surface area contributed by atoms with Crippen LogP contribution in [0.25, 0.3) is 0 Å². The number of likely N-dealkylation sites (tertiary alicyclic amines) is 1. The second-order valence-electron chi connectivity index (χ2n) is 8.27. The van der Waals surface area contributed by atoms with Gasteiger partial charge in [-0.3, -0.25) is 9.59 Å². The van der Waals surface area contributed by atoms with Gasteiger partial charge in [0.1, 0.15) is 0 Å². The van der Waals surface area contributed by atoms with E-state index in [-0.39, 0.29) is 23.8 Å². The minimum atomic E-state index is 0.0230. The lowest BCUT2D eigenvalue weighted by Crippen LogP contribution is -2.47. The Kier molecular flexibility index (Phi) is 4.71. The summed E-state index contributed by atoms with van der Waals surface area (Å²) in [6.07, 6.45) is 4.64. The van der Waals surface area contributed by atoms with Crippen LogP contribution in [0.4, 0.5) is 0 Å². The smallest absolute Gasteiger partial charge is 0.226 e. The van der Waals surface area contributed by atoms with Gasteiger partial charge in [0.2, 0.25) is 11.8 Å². The van der Waals surface area contributed by atoms with E-state index < -0.39 is 0 Å². The summed E-state index contributed by atoms with van der Waals surface area (Å²) >= 11 is 1.80. The molecule has 2 aromatic rings. The number of carbonyl (C=O) groups excluding carboxylic acids is 2. The fraction of sp³-hybridized carbons (Fsp3) is 0.478. The molecule has 0 radical (unpaired) electrons. The Labute approximate surface area is 170 Å². The van der Waals surface area contributed by atoms with Gasteiger partial charge in [0, 0.05) is 36.3 Å². The maximum atomic E-state index is 13.5. The van der Waals surface area contributed by atoms with Crippen molar-refractivity contribution >= 4 is 23.2 Å². The monoisotopic (exact) mass is 394 g/mol. The van der Waals surface area contributed by atoms with Crippen molar-refractivity contribution in [2.24, 2.45) is 11.8 Å². The molecule has 1 aromatic carbocycles. The first kappa shape index (κ1) is 17.9. The lowest BCUT2D eigenvalue weighted by molar-refractivity contribution is -0.142. The van der Waals surface area contributed by atoms with E-state index in [1.807, 2.05) is 11.0 Å². The summed E-state index contributed by atoms with van der Waals surface area (Å²) in [5.74, 6) is 0.890. The molecule has 28 heavy (non-hydrogen) atoms. The number of rotatable bonds is 3. The molecule has 2 amide bonds. The number of thiophene rings is 1. The molecule has 5 rings (SSSR count). The minimum Gasteiger partial charge on any atom is -0.342 e. The van der Waals surface area contributed by atoms with E-state index in [1.54, 1.807) is 11.3 Å². The second-order valence-corrected chi connectivity index (χ2v) is 9.27. The minimum absolute atomic E-state index is 0.0230. The third-order valence-electron chi connectivity index (χ3n) is 6.45. The molecule has 1 saturated heterocycles. The van der Waals surface area contributed by atoms with Crippen molar-refractivity contribution < 1.29 is 9.59 Å². The first-order valence-corrected chi connectivity index (χ1v) is 11.3. The number of piperidine rings is 1. The Morgan fingerprint density at radius 2 is 1.57 bits per heavy atom. The third-order valence-corrected chi connectivity index (χ3v) is 7.44. The Balaban J connectivity index is 1.34. The fourth-order valence-corrected chi connectivity index (χ4v) is 5.62. The molecule has 1 aromatic heterocycles. The topological polar surface area (TPSA) is 40.6 Å². The fourth-order valence-electron chi connectivity index (χ4n) is 4.72. The lowest BCUT2D eigenvalue weighted by atomic mass is 9.89. The van der Waals surface area contributed by atoms with Crippen LogP contribution < -0.4 is 0 Å². The van der Waals surface area contributed by atoms with Gasteiger partial charge in [0.25, 0.3) is 0 Å². The van der Waals surface area contributed by atoms with Crippen molar-refractivity contribution in [2.45, 2.75) is 38.1 Å². The highest BCUT2D eigenvalue weighted by molar-refractivity contribution is 7.10. The van der Waals surface area contributed by atoms with Crippen molar-refractivity contribution in [1.82, 2.24) is 9.80 Å². The quantitative estimate of drug-likeness (QED) is 0.793. The molecule has 146 valence electrons. The molecule has 1 aliphatic carbocycles. The largest absolute Gasteiger partial charge is 0.342 e. The van der Waals surface area contributed by atoms with Gasteiger partial charge < -0.3 is 9.80 Å². The van der Waals surface area contributed by atoms with Crippen molar-refractivity contribution in [1.29, 1.82) is 0 Å². The molecule has 0 unspecified atom stereocenters. The molecule has 0 N–H and O–H groups in total. The van der Waals surface area contributed by atoms with Crippen LogP contribution in [0.5, 0.6) is 0 Å². The zero-order chi connectivity index (χ0) is 19.1. The van der Waals surface area contributed by atoms with Gasteiger partial charge in [0.15, 0.2) is 0 Å². The molecule has 1 saturated carbocycles. The summed E-state index contributed by atoms with van der Waals surface area (Å²) in [7, 11) is 0. The van der Waals surface area contributed by atoms with Crippen LogP contribution in [0, 0.1) is 11.8 Å². The zero-order valence-electron chi connectivity index (χ0n) is 16.0. The van der Waals surface area contributed by atoms with Crippen LogP contribution in [0.2, 0.25) is 0 Å². The number of amides is 2. The number of benzene rings is 1. The van der Waals surface area contributed by atoms with Gasteiger partial charge in [0.05, 0.1) is 6.04 Å². The highest BCUT2D eigenvalue weighted by Crippen LogP contribution is 2.39. The van der Waals surface area contributed by atoms with Crippen LogP contribution >= 0.6 is 11.3 Å². The predicted molar refractivity (Wildman–Crippen MR) is 110 cm³/mol. The summed E-state index contributed by atoms with van der Waals surface area (Å²) in [4.78, 5) is 31.3. The van der Waals surface area contributed by atoms with E-state index in [4.69, 9.17) is 0 Å². The molecule has 5 heteroatoms. The lowest BCUT2D eigenvalue weighted by Gasteiger charge is -2.40. The van der Waals surface area contributed by atoms with Gasteiger partial charge >= 0.3 is 0 Å². The summed E-state index contributed by atoms with van der Waals surface area (Å²) in [6, 6.07) is 12.6. The Morgan fingerprint density at radius 3 is 2.29 bits per heavy atom. The van der Waals surface area contributed by atoms with Crippen molar-refractivity contribution in [2.75, 3.05) is 19.6 Å². The molecule has 2 fully saturated rings. The van der Waals surface area contributed by atoms with Crippen molar-refractivity contribution in [3.8, 4) is 0 Å². The molecule has 0 bridgehead atoms. The SMILES string of the molecule is O=C(C1CC1)N1CCC(C(=O)N2CCc3sccc3[C@@H]2c2ccccc2)CC1. The molecule has 4 nitrogen and oxygen atoms in total. The highest BCUT2D eigenvalue weighted by atomic mass is 32.1. The summed E-state index contributed by atoms with van der Waals surface area (Å²) in [5.41, 5.74) is 2.48. The first-order chi connectivity index (χ1) is 13.7. The van der Waals surface area contributed by atoms with E-state index in [9.17, 15) is 9.59 Å². The van der Waals surface area contributed by atoms with Crippen LogP contribution in [0.1, 0.15) is 47.7 Å². The first-order valence-electron chi connectivity index (χ1n) is 10.4. The average Bonchev–Trinajstić information content (AvgIpc) is 3.49.